The molecule has 0 aromatic heterocycles. The first-order valence-corrected chi connectivity index (χ1v) is 5.81. The lowest BCUT2D eigenvalue weighted by atomic mass is 10.0. The molecule has 0 radical (unpaired) electrons. The Bertz CT molecular complexity index is 555. The average Bonchev–Trinajstić information content (AvgIpc) is 2.33. The second-order valence-corrected chi connectivity index (χ2v) is 4.46. The Hall–Kier alpha value is -1.09. The number of hydrogen-bond donors (Lipinski definition) is 1. The Kier molecular flexibility index (Phi) is 3.67. The van der Waals surface area contributed by atoms with Gasteiger partial charge in [-0.2, -0.15) is 0 Å². The Balaban J connectivity index is 2.62. The third-order valence-electron chi connectivity index (χ3n) is 2.49. The Morgan fingerprint density at radius 1 is 0.941 bits per heavy atom. The molecule has 0 atom stereocenters. The van der Waals surface area contributed by atoms with E-state index in [1.54, 1.807) is 6.07 Å². The van der Waals surface area contributed by atoms with Gasteiger partial charge in [-0.3, -0.25) is 0 Å². The van der Waals surface area contributed by atoms with E-state index in [1.807, 2.05) is 12.1 Å². The summed E-state index contributed by atoms with van der Waals surface area (Å²) in [5.41, 5.74) is 7.76. The Morgan fingerprint density at radius 2 is 1.53 bits per heavy atom. The van der Waals surface area contributed by atoms with E-state index >= 15 is 0 Å². The minimum atomic E-state index is -0.349. The summed E-state index contributed by atoms with van der Waals surface area (Å²) in [7, 11) is 0. The lowest BCUT2D eigenvalue weighted by molar-refractivity contribution is 0.628. The van der Waals surface area contributed by atoms with Crippen LogP contribution in [0.2, 0.25) is 10.0 Å². The molecule has 1 nitrogen and oxygen atoms in total. The van der Waals surface area contributed by atoms with Gasteiger partial charge in [-0.15, -0.1) is 0 Å². The highest BCUT2D eigenvalue weighted by Crippen LogP contribution is 2.34. The van der Waals surface area contributed by atoms with Crippen molar-refractivity contribution in [3.63, 3.8) is 0 Å². The van der Waals surface area contributed by atoms with E-state index in [0.717, 1.165) is 5.56 Å². The van der Waals surface area contributed by atoms with Crippen LogP contribution >= 0.6 is 23.2 Å². The van der Waals surface area contributed by atoms with Crippen LogP contribution in [0.3, 0.4) is 0 Å². The second kappa shape index (κ2) is 5.05. The van der Waals surface area contributed by atoms with Crippen molar-refractivity contribution in [2.75, 3.05) is 0 Å². The number of benzene rings is 2. The third kappa shape index (κ3) is 2.60. The molecule has 88 valence electrons. The predicted molar refractivity (Wildman–Crippen MR) is 69.7 cm³/mol. The van der Waals surface area contributed by atoms with E-state index in [-0.39, 0.29) is 5.82 Å². The van der Waals surface area contributed by atoms with E-state index in [2.05, 4.69) is 0 Å². The molecule has 0 amide bonds. The maximum atomic E-state index is 13.2. The highest BCUT2D eigenvalue weighted by molar-refractivity contribution is 6.36. The summed E-state index contributed by atoms with van der Waals surface area (Å²) < 4.78 is 13.2. The van der Waals surface area contributed by atoms with Gasteiger partial charge in [0.1, 0.15) is 5.82 Å². The van der Waals surface area contributed by atoms with Gasteiger partial charge < -0.3 is 5.73 Å². The SMILES string of the molecule is NCc1ccc(Cl)c(-c2cc(F)ccc2Cl)c1. The summed E-state index contributed by atoms with van der Waals surface area (Å²) in [4.78, 5) is 0. The van der Waals surface area contributed by atoms with Crippen molar-refractivity contribution in [2.24, 2.45) is 5.73 Å². The van der Waals surface area contributed by atoms with Gasteiger partial charge in [-0.05, 0) is 35.9 Å². The molecule has 2 aromatic rings. The topological polar surface area (TPSA) is 26.0 Å². The van der Waals surface area contributed by atoms with E-state index in [9.17, 15) is 4.39 Å². The molecule has 0 aliphatic rings. The first-order chi connectivity index (χ1) is 8.11. The molecular weight excluding hydrogens is 260 g/mol. The maximum Gasteiger partial charge on any atom is 0.123 e. The second-order valence-electron chi connectivity index (χ2n) is 3.64. The summed E-state index contributed by atoms with van der Waals surface area (Å²) in [5, 5.41) is 0.983. The van der Waals surface area contributed by atoms with Crippen LogP contribution in [0.5, 0.6) is 0 Å². The highest BCUT2D eigenvalue weighted by Gasteiger charge is 2.09. The fourth-order valence-corrected chi connectivity index (χ4v) is 2.05. The average molecular weight is 270 g/mol. The van der Waals surface area contributed by atoms with E-state index in [4.69, 9.17) is 28.9 Å². The van der Waals surface area contributed by atoms with Gasteiger partial charge in [-0.1, -0.05) is 29.3 Å². The first-order valence-electron chi connectivity index (χ1n) is 5.05. The van der Waals surface area contributed by atoms with Crippen molar-refractivity contribution in [1.29, 1.82) is 0 Å². The van der Waals surface area contributed by atoms with Crippen molar-refractivity contribution < 1.29 is 4.39 Å². The number of hydrogen-bond acceptors (Lipinski definition) is 1. The van der Waals surface area contributed by atoms with Crippen molar-refractivity contribution in [1.82, 2.24) is 0 Å². The summed E-state index contributed by atoms with van der Waals surface area (Å²) >= 11 is 12.1. The molecule has 0 fully saturated rings. The molecule has 0 unspecified atom stereocenters. The Morgan fingerprint density at radius 3 is 2.18 bits per heavy atom. The minimum absolute atomic E-state index is 0.349. The summed E-state index contributed by atoms with van der Waals surface area (Å²) in [6.07, 6.45) is 0. The standard InChI is InChI=1S/C13H10Cl2FN/c14-12-3-1-8(7-17)5-10(12)11-6-9(16)2-4-13(11)15/h1-6H,7,17H2. The largest absolute Gasteiger partial charge is 0.326 e. The van der Waals surface area contributed by atoms with Crippen molar-refractivity contribution in [3.8, 4) is 11.1 Å². The quantitative estimate of drug-likeness (QED) is 0.866. The number of rotatable bonds is 2. The summed E-state index contributed by atoms with van der Waals surface area (Å²) in [6, 6.07) is 9.58. The molecule has 2 N–H and O–H groups in total. The van der Waals surface area contributed by atoms with Crippen molar-refractivity contribution in [2.45, 2.75) is 6.54 Å². The molecule has 0 saturated heterocycles. The van der Waals surface area contributed by atoms with Crippen LogP contribution in [-0.2, 0) is 6.54 Å². The van der Waals surface area contributed by atoms with Crippen LogP contribution in [0.15, 0.2) is 36.4 Å². The molecular formula is C13H10Cl2FN. The molecule has 0 aliphatic carbocycles. The van der Waals surface area contributed by atoms with Gasteiger partial charge in [0, 0.05) is 27.7 Å². The Labute approximate surface area is 109 Å². The van der Waals surface area contributed by atoms with Gasteiger partial charge >= 0.3 is 0 Å². The molecule has 2 aromatic carbocycles. The smallest absolute Gasteiger partial charge is 0.123 e. The van der Waals surface area contributed by atoms with E-state index in [1.165, 1.54) is 18.2 Å². The fourth-order valence-electron chi connectivity index (χ4n) is 1.61. The third-order valence-corrected chi connectivity index (χ3v) is 3.14. The van der Waals surface area contributed by atoms with Crippen LogP contribution in [-0.4, -0.2) is 0 Å². The first kappa shape index (κ1) is 12.4. The molecule has 0 bridgehead atoms. The normalized spacial score (nSPS) is 10.6. The fraction of sp³-hybridized carbons (Fsp3) is 0.0769. The molecule has 0 aliphatic heterocycles. The van der Waals surface area contributed by atoms with Crippen molar-refractivity contribution in [3.05, 3.63) is 57.8 Å². The maximum absolute atomic E-state index is 13.2. The zero-order chi connectivity index (χ0) is 12.4. The van der Waals surface area contributed by atoms with Crippen LogP contribution in [0.25, 0.3) is 11.1 Å². The lowest BCUT2D eigenvalue weighted by Gasteiger charge is -2.09. The van der Waals surface area contributed by atoms with Crippen LogP contribution < -0.4 is 5.73 Å². The van der Waals surface area contributed by atoms with Crippen molar-refractivity contribution >= 4 is 23.2 Å². The van der Waals surface area contributed by atoms with E-state index in [0.29, 0.717) is 27.7 Å². The molecule has 0 saturated carbocycles. The van der Waals surface area contributed by atoms with Crippen LogP contribution in [0.1, 0.15) is 5.56 Å². The molecule has 0 spiro atoms. The van der Waals surface area contributed by atoms with Gasteiger partial charge in [0.05, 0.1) is 0 Å². The predicted octanol–water partition coefficient (Wildman–Crippen LogP) is 4.26. The molecule has 4 heteroatoms. The zero-order valence-corrected chi connectivity index (χ0v) is 10.4. The molecule has 17 heavy (non-hydrogen) atoms. The lowest BCUT2D eigenvalue weighted by Crippen LogP contribution is -1.96. The van der Waals surface area contributed by atoms with Gasteiger partial charge in [0.25, 0.3) is 0 Å². The highest BCUT2D eigenvalue weighted by atomic mass is 35.5. The van der Waals surface area contributed by atoms with Gasteiger partial charge in [0.2, 0.25) is 0 Å². The summed E-state index contributed by atoms with van der Waals surface area (Å²) in [6.45, 7) is 0.400. The van der Waals surface area contributed by atoms with Gasteiger partial charge in [0.15, 0.2) is 0 Å². The summed E-state index contributed by atoms with van der Waals surface area (Å²) in [5.74, 6) is -0.349. The monoisotopic (exact) mass is 269 g/mol. The number of nitrogens with two attached hydrogens (primary N) is 1. The minimum Gasteiger partial charge on any atom is -0.326 e. The van der Waals surface area contributed by atoms with Crippen LogP contribution in [0, 0.1) is 5.82 Å². The molecule has 2 rings (SSSR count). The number of halogens is 3. The van der Waals surface area contributed by atoms with E-state index < -0.39 is 0 Å². The van der Waals surface area contributed by atoms with Gasteiger partial charge in [-0.25, -0.2) is 4.39 Å². The molecule has 0 heterocycles. The van der Waals surface area contributed by atoms with Crippen LogP contribution in [0.4, 0.5) is 4.39 Å². The zero-order valence-electron chi connectivity index (χ0n) is 8.88.